The molecule has 2 aromatic rings. The van der Waals surface area contributed by atoms with Gasteiger partial charge in [-0.25, -0.2) is 4.79 Å². The lowest BCUT2D eigenvalue weighted by Gasteiger charge is -2.17. The highest BCUT2D eigenvalue weighted by atomic mass is 16.6. The molecule has 1 aliphatic heterocycles. The van der Waals surface area contributed by atoms with Crippen molar-refractivity contribution in [2.24, 2.45) is 0 Å². The zero-order chi connectivity index (χ0) is 18.7. The van der Waals surface area contributed by atoms with Crippen molar-refractivity contribution >= 4 is 29.1 Å². The molecule has 0 saturated carbocycles. The molecular weight excluding hydrogens is 344 g/mol. The van der Waals surface area contributed by atoms with Crippen LogP contribution in [0, 0.1) is 10.1 Å². The first-order valence-electron chi connectivity index (χ1n) is 7.64. The predicted octanol–water partition coefficient (Wildman–Crippen LogP) is 1.35. The minimum atomic E-state index is -0.651. The van der Waals surface area contributed by atoms with Crippen LogP contribution in [0.4, 0.5) is 21.9 Å². The van der Waals surface area contributed by atoms with Crippen molar-refractivity contribution in [2.75, 3.05) is 23.4 Å². The summed E-state index contributed by atoms with van der Waals surface area (Å²) in [5.74, 6) is -0.562. The van der Waals surface area contributed by atoms with Gasteiger partial charge in [0.05, 0.1) is 29.0 Å². The predicted molar refractivity (Wildman–Crippen MR) is 91.1 cm³/mol. The number of ether oxygens (including phenoxy) is 1. The summed E-state index contributed by atoms with van der Waals surface area (Å²) in [6.45, 7) is 0.208. The molecule has 0 radical (unpaired) electrons. The summed E-state index contributed by atoms with van der Waals surface area (Å²) < 4.78 is 5.84. The first-order valence-corrected chi connectivity index (χ1v) is 7.64. The molecule has 10 heteroatoms. The molecule has 0 unspecified atom stereocenters. The summed E-state index contributed by atoms with van der Waals surface area (Å²) in [5, 5.41) is 13.4. The van der Waals surface area contributed by atoms with Gasteiger partial charge >= 0.3 is 6.09 Å². The number of nitro groups is 1. The van der Waals surface area contributed by atoms with Crippen LogP contribution in [0.25, 0.3) is 0 Å². The van der Waals surface area contributed by atoms with E-state index in [0.717, 1.165) is 22.9 Å². The van der Waals surface area contributed by atoms with Gasteiger partial charge < -0.3 is 10.1 Å². The van der Waals surface area contributed by atoms with Crippen LogP contribution >= 0.6 is 0 Å². The Hall–Kier alpha value is -3.69. The fourth-order valence-corrected chi connectivity index (χ4v) is 2.52. The Bertz CT molecular complexity index is 938. The summed E-state index contributed by atoms with van der Waals surface area (Å²) in [6, 6.07) is 8.75. The lowest BCUT2D eigenvalue weighted by molar-refractivity contribution is -0.385. The Kier molecular flexibility index (Phi) is 4.65. The maximum Gasteiger partial charge on any atom is 0.414 e. The number of amides is 2. The van der Waals surface area contributed by atoms with E-state index < -0.39 is 29.0 Å². The fraction of sp³-hybridized carbons (Fsp3) is 0.188. The molecule has 10 nitrogen and oxygen atoms in total. The van der Waals surface area contributed by atoms with Crippen LogP contribution in [-0.2, 0) is 16.1 Å². The van der Waals surface area contributed by atoms with Crippen LogP contribution in [0.1, 0.15) is 0 Å². The largest absolute Gasteiger partial charge is 0.447 e. The summed E-state index contributed by atoms with van der Waals surface area (Å²) in [5.41, 5.74) is 0.00402. The van der Waals surface area contributed by atoms with Crippen LogP contribution in [0.15, 0.2) is 47.4 Å². The second-order valence-electron chi connectivity index (χ2n) is 5.44. The molecule has 1 saturated heterocycles. The number of pyridine rings is 1. The number of hydrogen-bond acceptors (Lipinski definition) is 6. The second kappa shape index (κ2) is 7.05. The highest BCUT2D eigenvalue weighted by Gasteiger charge is 2.26. The van der Waals surface area contributed by atoms with E-state index in [1.54, 1.807) is 24.3 Å². The monoisotopic (exact) mass is 358 g/mol. The highest BCUT2D eigenvalue weighted by molar-refractivity contribution is 5.99. The third-order valence-electron chi connectivity index (χ3n) is 3.72. The van der Waals surface area contributed by atoms with E-state index in [4.69, 9.17) is 4.74 Å². The summed E-state index contributed by atoms with van der Waals surface area (Å²) in [4.78, 5) is 47.3. The Morgan fingerprint density at radius 1 is 1.23 bits per heavy atom. The van der Waals surface area contributed by atoms with Gasteiger partial charge in [0.1, 0.15) is 13.2 Å². The van der Waals surface area contributed by atoms with Crippen molar-refractivity contribution in [2.45, 2.75) is 6.54 Å². The van der Waals surface area contributed by atoms with Gasteiger partial charge in [0.15, 0.2) is 0 Å². The molecule has 1 aliphatic rings. The van der Waals surface area contributed by atoms with E-state index in [1.807, 2.05) is 0 Å². The fourth-order valence-electron chi connectivity index (χ4n) is 2.52. The van der Waals surface area contributed by atoms with Gasteiger partial charge in [0.25, 0.3) is 11.2 Å². The number of hydrogen-bond donors (Lipinski definition) is 1. The average Bonchev–Trinajstić information content (AvgIpc) is 3.03. The van der Waals surface area contributed by atoms with Gasteiger partial charge in [-0.2, -0.15) is 0 Å². The number of aromatic nitrogens is 1. The zero-order valence-electron chi connectivity index (χ0n) is 13.5. The van der Waals surface area contributed by atoms with Crippen LogP contribution in [-0.4, -0.2) is 34.6 Å². The summed E-state index contributed by atoms with van der Waals surface area (Å²) in [7, 11) is 0. The molecule has 3 rings (SSSR count). The van der Waals surface area contributed by atoms with E-state index in [-0.39, 0.29) is 12.3 Å². The number of nitrogens with zero attached hydrogens (tertiary/aromatic N) is 3. The summed E-state index contributed by atoms with van der Waals surface area (Å²) >= 11 is 0. The Balaban J connectivity index is 1.79. The number of para-hydroxylation sites is 2. The van der Waals surface area contributed by atoms with E-state index in [1.165, 1.54) is 4.90 Å². The van der Waals surface area contributed by atoms with Crippen molar-refractivity contribution in [3.63, 3.8) is 0 Å². The number of carbonyl (C=O) groups excluding carboxylic acids is 2. The molecule has 1 aromatic carbocycles. The Labute approximate surface area is 146 Å². The molecular formula is C16H14N4O6. The number of nitrogens with one attached hydrogen (secondary N) is 1. The van der Waals surface area contributed by atoms with Gasteiger partial charge in [0.2, 0.25) is 5.91 Å². The normalized spacial score (nSPS) is 13.4. The zero-order valence-corrected chi connectivity index (χ0v) is 13.5. The highest BCUT2D eigenvalue weighted by Crippen LogP contribution is 2.27. The molecule has 2 amide bonds. The van der Waals surface area contributed by atoms with E-state index in [2.05, 4.69) is 5.32 Å². The average molecular weight is 358 g/mol. The van der Waals surface area contributed by atoms with Crippen molar-refractivity contribution in [1.29, 1.82) is 0 Å². The van der Waals surface area contributed by atoms with Gasteiger partial charge in [0, 0.05) is 12.1 Å². The maximum absolute atomic E-state index is 12.3. The maximum atomic E-state index is 12.3. The third-order valence-corrected chi connectivity index (χ3v) is 3.72. The molecule has 0 aliphatic carbocycles. The number of rotatable bonds is 5. The standard InChI is InChI=1S/C16H14N4O6/c21-14(10-18-9-11(20(24)25)5-6-15(18)22)17-12-3-1-2-4-13(12)19-7-8-26-16(19)23/h1-6,9H,7-8,10H2,(H,17,21). The third kappa shape index (κ3) is 3.53. The van der Waals surface area contributed by atoms with Crippen LogP contribution in [0.5, 0.6) is 0 Å². The molecule has 0 atom stereocenters. The first kappa shape index (κ1) is 17.1. The van der Waals surface area contributed by atoms with Crippen molar-refractivity contribution in [3.05, 3.63) is 63.1 Å². The number of cyclic esters (lactones) is 1. The topological polar surface area (TPSA) is 124 Å². The SMILES string of the molecule is O=C(Cn1cc([N+](=O)[O-])ccc1=O)Nc1ccccc1N1CCOC1=O. The quantitative estimate of drug-likeness (QED) is 0.635. The van der Waals surface area contributed by atoms with Crippen LogP contribution in [0.2, 0.25) is 0 Å². The van der Waals surface area contributed by atoms with Crippen molar-refractivity contribution in [1.82, 2.24) is 4.57 Å². The number of carbonyl (C=O) groups is 2. The van der Waals surface area contributed by atoms with E-state index >= 15 is 0 Å². The molecule has 1 N–H and O–H groups in total. The molecule has 1 aromatic heterocycles. The van der Waals surface area contributed by atoms with Crippen molar-refractivity contribution < 1.29 is 19.2 Å². The Morgan fingerprint density at radius 2 is 2.00 bits per heavy atom. The van der Waals surface area contributed by atoms with Gasteiger partial charge in [-0.15, -0.1) is 0 Å². The summed E-state index contributed by atoms with van der Waals surface area (Å²) in [6.07, 6.45) is 0.493. The van der Waals surface area contributed by atoms with Gasteiger partial charge in [-0.1, -0.05) is 12.1 Å². The van der Waals surface area contributed by atoms with Gasteiger partial charge in [-0.3, -0.25) is 29.2 Å². The first-order chi connectivity index (χ1) is 12.5. The molecule has 2 heterocycles. The molecule has 0 bridgehead atoms. The Morgan fingerprint density at radius 3 is 2.69 bits per heavy atom. The molecule has 26 heavy (non-hydrogen) atoms. The van der Waals surface area contributed by atoms with Gasteiger partial charge in [-0.05, 0) is 12.1 Å². The minimum absolute atomic E-state index is 0.254. The van der Waals surface area contributed by atoms with E-state index in [9.17, 15) is 24.5 Å². The lowest BCUT2D eigenvalue weighted by atomic mass is 10.2. The van der Waals surface area contributed by atoms with Crippen molar-refractivity contribution in [3.8, 4) is 0 Å². The second-order valence-corrected chi connectivity index (χ2v) is 5.44. The van der Waals surface area contributed by atoms with E-state index in [0.29, 0.717) is 17.9 Å². The molecule has 134 valence electrons. The number of anilines is 2. The minimum Gasteiger partial charge on any atom is -0.447 e. The molecule has 0 spiro atoms. The van der Waals surface area contributed by atoms with Crippen LogP contribution < -0.4 is 15.8 Å². The lowest BCUT2D eigenvalue weighted by Crippen LogP contribution is -2.29. The smallest absolute Gasteiger partial charge is 0.414 e. The number of benzene rings is 1. The molecule has 1 fully saturated rings. The van der Waals surface area contributed by atoms with Crippen LogP contribution in [0.3, 0.4) is 0 Å².